The Morgan fingerprint density at radius 1 is 1.38 bits per heavy atom. The first-order valence-corrected chi connectivity index (χ1v) is 4.90. The molecule has 0 aliphatic rings. The van der Waals surface area contributed by atoms with Gasteiger partial charge in [0.1, 0.15) is 5.75 Å². The zero-order valence-electron chi connectivity index (χ0n) is 9.15. The van der Waals surface area contributed by atoms with Crippen LogP contribution in [-0.2, 0) is 4.79 Å². The Hall–Kier alpha value is -2.10. The molecule has 82 valence electrons. The average Bonchev–Trinajstić information content (AvgIpc) is 2.27. The van der Waals surface area contributed by atoms with Crippen molar-refractivity contribution in [1.29, 1.82) is 0 Å². The first-order valence-electron chi connectivity index (χ1n) is 4.90. The molecular formula is C12H12N2O2. The average molecular weight is 216 g/mol. The molecule has 2 aromatic rings. The largest absolute Gasteiger partial charge is 0.495 e. The van der Waals surface area contributed by atoms with E-state index in [2.05, 4.69) is 10.3 Å². The molecule has 1 amide bonds. The molecule has 0 aliphatic carbocycles. The Bertz CT molecular complexity index is 538. The lowest BCUT2D eigenvalue weighted by Crippen LogP contribution is -2.05. The number of benzene rings is 1. The van der Waals surface area contributed by atoms with Crippen molar-refractivity contribution in [2.75, 3.05) is 12.4 Å². The van der Waals surface area contributed by atoms with Crippen LogP contribution in [0.4, 0.5) is 5.69 Å². The van der Waals surface area contributed by atoms with Crippen LogP contribution in [-0.4, -0.2) is 18.0 Å². The molecule has 0 aliphatic heterocycles. The zero-order chi connectivity index (χ0) is 11.5. The number of ether oxygens (including phenoxy) is 1. The summed E-state index contributed by atoms with van der Waals surface area (Å²) in [5.74, 6) is 0.614. The fourth-order valence-electron chi connectivity index (χ4n) is 1.50. The third kappa shape index (κ3) is 2.11. The number of nitrogens with zero attached hydrogens (tertiary/aromatic N) is 1. The molecule has 2 rings (SSSR count). The number of anilines is 1. The lowest BCUT2D eigenvalue weighted by molar-refractivity contribution is -0.114. The number of carbonyl (C=O) groups excluding carboxylic acids is 1. The smallest absolute Gasteiger partial charge is 0.221 e. The molecule has 4 heteroatoms. The Kier molecular flexibility index (Phi) is 2.72. The van der Waals surface area contributed by atoms with Crippen LogP contribution in [0.3, 0.4) is 0 Å². The molecule has 0 saturated carbocycles. The second-order valence-corrected chi connectivity index (χ2v) is 3.46. The van der Waals surface area contributed by atoms with Crippen molar-refractivity contribution >= 4 is 22.5 Å². The Morgan fingerprint density at radius 2 is 2.19 bits per heavy atom. The second kappa shape index (κ2) is 4.18. The number of carbonyl (C=O) groups is 1. The molecule has 0 fully saturated rings. The zero-order valence-corrected chi connectivity index (χ0v) is 9.15. The molecule has 4 nitrogen and oxygen atoms in total. The Balaban J connectivity index is 2.46. The number of hydrogen-bond acceptors (Lipinski definition) is 3. The highest BCUT2D eigenvalue weighted by Crippen LogP contribution is 2.21. The van der Waals surface area contributed by atoms with Gasteiger partial charge in [-0.05, 0) is 24.3 Å². The van der Waals surface area contributed by atoms with Crippen molar-refractivity contribution < 1.29 is 9.53 Å². The summed E-state index contributed by atoms with van der Waals surface area (Å²) in [4.78, 5) is 15.2. The second-order valence-electron chi connectivity index (χ2n) is 3.46. The van der Waals surface area contributed by atoms with Crippen molar-refractivity contribution in [3.63, 3.8) is 0 Å². The predicted molar refractivity (Wildman–Crippen MR) is 62.6 cm³/mol. The van der Waals surface area contributed by atoms with E-state index in [1.165, 1.54) is 6.92 Å². The van der Waals surface area contributed by atoms with Gasteiger partial charge in [-0.1, -0.05) is 0 Å². The summed E-state index contributed by atoms with van der Waals surface area (Å²) in [6, 6.07) is 7.43. The molecular weight excluding hydrogens is 204 g/mol. The monoisotopic (exact) mass is 216 g/mol. The van der Waals surface area contributed by atoms with Crippen molar-refractivity contribution in [3.8, 4) is 5.75 Å². The van der Waals surface area contributed by atoms with E-state index in [1.54, 1.807) is 13.3 Å². The van der Waals surface area contributed by atoms with Crippen LogP contribution in [0.15, 0.2) is 30.5 Å². The summed E-state index contributed by atoms with van der Waals surface area (Å²) in [6.07, 6.45) is 1.67. The van der Waals surface area contributed by atoms with Gasteiger partial charge in [-0.15, -0.1) is 0 Å². The van der Waals surface area contributed by atoms with Gasteiger partial charge in [-0.3, -0.25) is 9.78 Å². The minimum absolute atomic E-state index is 0.0878. The fraction of sp³-hybridized carbons (Fsp3) is 0.167. The topological polar surface area (TPSA) is 51.2 Å². The molecule has 0 saturated heterocycles. The number of methoxy groups -OCH3 is 1. The lowest BCUT2D eigenvalue weighted by atomic mass is 10.2. The minimum atomic E-state index is -0.0878. The van der Waals surface area contributed by atoms with E-state index >= 15 is 0 Å². The molecule has 16 heavy (non-hydrogen) atoms. The maximum Gasteiger partial charge on any atom is 0.221 e. The summed E-state index contributed by atoms with van der Waals surface area (Å²) < 4.78 is 5.09. The van der Waals surface area contributed by atoms with E-state index in [-0.39, 0.29) is 5.91 Å². The van der Waals surface area contributed by atoms with E-state index in [1.807, 2.05) is 24.3 Å². The molecule has 0 radical (unpaired) electrons. The van der Waals surface area contributed by atoms with Crippen LogP contribution < -0.4 is 10.1 Å². The molecule has 0 atom stereocenters. The van der Waals surface area contributed by atoms with Gasteiger partial charge in [-0.2, -0.15) is 0 Å². The van der Waals surface area contributed by atoms with Crippen molar-refractivity contribution in [3.05, 3.63) is 30.5 Å². The molecule has 1 N–H and O–H groups in total. The lowest BCUT2D eigenvalue weighted by Gasteiger charge is -2.05. The quantitative estimate of drug-likeness (QED) is 0.837. The number of fused-ring (bicyclic) bond motifs is 1. The maximum atomic E-state index is 10.9. The highest BCUT2D eigenvalue weighted by Gasteiger charge is 2.00. The van der Waals surface area contributed by atoms with Crippen LogP contribution >= 0.6 is 0 Å². The minimum Gasteiger partial charge on any atom is -0.495 e. The van der Waals surface area contributed by atoms with Crippen LogP contribution in [0.5, 0.6) is 5.75 Å². The van der Waals surface area contributed by atoms with Crippen molar-refractivity contribution in [1.82, 2.24) is 4.98 Å². The highest BCUT2D eigenvalue weighted by molar-refractivity contribution is 5.92. The summed E-state index contributed by atoms with van der Waals surface area (Å²) in [5, 5.41) is 3.66. The van der Waals surface area contributed by atoms with Crippen molar-refractivity contribution in [2.24, 2.45) is 0 Å². The number of amides is 1. The molecule has 0 spiro atoms. The van der Waals surface area contributed by atoms with Gasteiger partial charge in [0, 0.05) is 18.0 Å². The number of rotatable bonds is 2. The predicted octanol–water partition coefficient (Wildman–Crippen LogP) is 2.20. The third-order valence-corrected chi connectivity index (χ3v) is 2.21. The Labute approximate surface area is 93.3 Å². The first-order chi connectivity index (χ1) is 7.69. The van der Waals surface area contributed by atoms with Gasteiger partial charge in [0.15, 0.2) is 0 Å². The summed E-state index contributed by atoms with van der Waals surface area (Å²) in [7, 11) is 1.60. The van der Waals surface area contributed by atoms with Crippen LogP contribution in [0, 0.1) is 0 Å². The SMILES string of the molecule is COc1cnc2ccc(NC(C)=O)cc2c1. The normalized spacial score (nSPS) is 10.1. The summed E-state index contributed by atoms with van der Waals surface area (Å²) in [6.45, 7) is 1.48. The number of aromatic nitrogens is 1. The van der Waals surface area contributed by atoms with Crippen molar-refractivity contribution in [2.45, 2.75) is 6.92 Å². The third-order valence-electron chi connectivity index (χ3n) is 2.21. The fourth-order valence-corrected chi connectivity index (χ4v) is 1.50. The number of nitrogens with one attached hydrogen (secondary N) is 1. The van der Waals surface area contributed by atoms with Gasteiger partial charge in [0.2, 0.25) is 5.91 Å². The van der Waals surface area contributed by atoms with E-state index in [0.29, 0.717) is 5.75 Å². The van der Waals surface area contributed by atoms with E-state index in [9.17, 15) is 4.79 Å². The van der Waals surface area contributed by atoms with Gasteiger partial charge < -0.3 is 10.1 Å². The summed E-state index contributed by atoms with van der Waals surface area (Å²) >= 11 is 0. The number of pyridine rings is 1. The maximum absolute atomic E-state index is 10.9. The van der Waals surface area contributed by atoms with Gasteiger partial charge in [0.05, 0.1) is 18.8 Å². The van der Waals surface area contributed by atoms with Gasteiger partial charge in [0.25, 0.3) is 0 Å². The standard InChI is InChI=1S/C12H12N2O2/c1-8(15)14-10-3-4-12-9(5-10)6-11(16-2)7-13-12/h3-7H,1-2H3,(H,14,15). The first kappa shape index (κ1) is 10.4. The molecule has 0 bridgehead atoms. The highest BCUT2D eigenvalue weighted by atomic mass is 16.5. The van der Waals surface area contributed by atoms with Crippen LogP contribution in [0.2, 0.25) is 0 Å². The molecule has 1 heterocycles. The van der Waals surface area contributed by atoms with Gasteiger partial charge in [-0.25, -0.2) is 0 Å². The van der Waals surface area contributed by atoms with Crippen LogP contribution in [0.25, 0.3) is 10.9 Å². The molecule has 1 aromatic carbocycles. The molecule has 0 unspecified atom stereocenters. The van der Waals surface area contributed by atoms with Crippen LogP contribution in [0.1, 0.15) is 6.92 Å². The van der Waals surface area contributed by atoms with E-state index in [4.69, 9.17) is 4.74 Å². The van der Waals surface area contributed by atoms with Gasteiger partial charge >= 0.3 is 0 Å². The van der Waals surface area contributed by atoms with E-state index < -0.39 is 0 Å². The van der Waals surface area contributed by atoms with E-state index in [0.717, 1.165) is 16.6 Å². The Morgan fingerprint density at radius 3 is 2.88 bits per heavy atom. The molecule has 1 aromatic heterocycles. The number of hydrogen-bond donors (Lipinski definition) is 1. The summed E-state index contributed by atoms with van der Waals surface area (Å²) in [5.41, 5.74) is 1.63.